The molecular formula is C19H23Cl2IN4O. The molecule has 146 valence electrons. The summed E-state index contributed by atoms with van der Waals surface area (Å²) in [6.07, 6.45) is 0. The van der Waals surface area contributed by atoms with Gasteiger partial charge in [-0.1, -0.05) is 41.4 Å². The molecule has 0 aliphatic rings. The second-order valence-electron chi connectivity index (χ2n) is 5.84. The maximum Gasteiger partial charge on any atom is 0.221 e. The Balaban J connectivity index is 0.00000364. The molecule has 3 N–H and O–H groups in total. The monoisotopic (exact) mass is 520 g/mol. The largest absolute Gasteiger partial charge is 0.352 e. The minimum absolute atomic E-state index is 0. The highest BCUT2D eigenvalue weighted by Gasteiger charge is 2.12. The molecular weight excluding hydrogens is 498 g/mol. The van der Waals surface area contributed by atoms with E-state index < -0.39 is 0 Å². The van der Waals surface area contributed by atoms with Gasteiger partial charge in [0.15, 0.2) is 5.96 Å². The highest BCUT2D eigenvalue weighted by atomic mass is 127. The van der Waals surface area contributed by atoms with E-state index in [9.17, 15) is 4.79 Å². The third-order valence-electron chi connectivity index (χ3n) is 3.71. The average molecular weight is 521 g/mol. The fourth-order valence-corrected chi connectivity index (χ4v) is 3.05. The predicted molar refractivity (Wildman–Crippen MR) is 124 cm³/mol. The zero-order chi connectivity index (χ0) is 19.1. The van der Waals surface area contributed by atoms with Crippen LogP contribution in [0.3, 0.4) is 0 Å². The number of hydrogen-bond acceptors (Lipinski definition) is 2. The summed E-state index contributed by atoms with van der Waals surface area (Å²) in [5.41, 5.74) is 2.73. The molecule has 2 aromatic rings. The third kappa shape index (κ3) is 7.56. The first kappa shape index (κ1) is 23.5. The number of halogens is 3. The Morgan fingerprint density at radius 2 is 1.93 bits per heavy atom. The fourth-order valence-electron chi connectivity index (χ4n) is 2.48. The van der Waals surface area contributed by atoms with Gasteiger partial charge in [-0.05, 0) is 42.3 Å². The van der Waals surface area contributed by atoms with Gasteiger partial charge in [-0.15, -0.1) is 24.0 Å². The Labute approximate surface area is 186 Å². The van der Waals surface area contributed by atoms with E-state index in [4.69, 9.17) is 23.2 Å². The fraction of sp³-hybridized carbons (Fsp3) is 0.263. The van der Waals surface area contributed by atoms with Gasteiger partial charge in [-0.25, -0.2) is 0 Å². The number of aliphatic imine (C=N–C) groups is 1. The molecule has 1 amide bonds. The van der Waals surface area contributed by atoms with E-state index in [1.807, 2.05) is 43.3 Å². The van der Waals surface area contributed by atoms with Gasteiger partial charge in [0.05, 0.1) is 6.04 Å². The van der Waals surface area contributed by atoms with Crippen molar-refractivity contribution in [3.8, 4) is 0 Å². The lowest BCUT2D eigenvalue weighted by Gasteiger charge is -2.19. The maximum absolute atomic E-state index is 11.2. The molecule has 0 aliphatic heterocycles. The molecule has 8 heteroatoms. The second-order valence-corrected chi connectivity index (χ2v) is 6.68. The molecule has 0 aromatic heterocycles. The van der Waals surface area contributed by atoms with E-state index in [2.05, 4.69) is 20.9 Å². The molecule has 2 aromatic carbocycles. The van der Waals surface area contributed by atoms with Crippen LogP contribution in [0, 0.1) is 0 Å². The van der Waals surface area contributed by atoms with Crippen LogP contribution in [-0.4, -0.2) is 18.9 Å². The van der Waals surface area contributed by atoms with E-state index in [1.54, 1.807) is 13.1 Å². The number of anilines is 1. The number of amides is 1. The van der Waals surface area contributed by atoms with Crippen molar-refractivity contribution in [1.82, 2.24) is 10.6 Å². The Morgan fingerprint density at radius 1 is 1.19 bits per heavy atom. The first-order chi connectivity index (χ1) is 12.4. The van der Waals surface area contributed by atoms with Crippen LogP contribution in [0.5, 0.6) is 0 Å². The highest BCUT2D eigenvalue weighted by Crippen LogP contribution is 2.26. The molecule has 1 atom stereocenters. The molecule has 1 unspecified atom stereocenters. The van der Waals surface area contributed by atoms with Gasteiger partial charge >= 0.3 is 0 Å². The lowest BCUT2D eigenvalue weighted by molar-refractivity contribution is -0.114. The molecule has 0 aliphatic carbocycles. The number of carbonyl (C=O) groups excluding carboxylic acids is 1. The van der Waals surface area contributed by atoms with E-state index in [0.717, 1.165) is 16.8 Å². The first-order valence-electron chi connectivity index (χ1n) is 8.17. The van der Waals surface area contributed by atoms with E-state index >= 15 is 0 Å². The second kappa shape index (κ2) is 11.4. The van der Waals surface area contributed by atoms with E-state index in [-0.39, 0.29) is 35.9 Å². The molecule has 27 heavy (non-hydrogen) atoms. The number of rotatable bonds is 5. The highest BCUT2D eigenvalue weighted by molar-refractivity contribution is 14.0. The Morgan fingerprint density at radius 3 is 2.56 bits per heavy atom. The van der Waals surface area contributed by atoms with Gasteiger partial charge in [0.2, 0.25) is 5.91 Å². The summed E-state index contributed by atoms with van der Waals surface area (Å²) in [6, 6.07) is 13.0. The normalized spacial score (nSPS) is 12.0. The Kier molecular flexibility index (Phi) is 9.90. The lowest BCUT2D eigenvalue weighted by atomic mass is 10.1. The minimum atomic E-state index is -0.0961. The third-order valence-corrected chi connectivity index (χ3v) is 4.28. The standard InChI is InChI=1S/C19H22Cl2N4O.HI/c1-12(17-8-7-15(20)10-18(17)21)24-19(22-3)23-11-14-5-4-6-16(9-14)25-13(2)26;/h4-10,12H,11H2,1-3H3,(H,25,26)(H2,22,23,24);1H. The van der Waals surface area contributed by atoms with Crippen LogP contribution < -0.4 is 16.0 Å². The maximum atomic E-state index is 11.2. The smallest absolute Gasteiger partial charge is 0.221 e. The molecule has 0 fully saturated rings. The molecule has 5 nitrogen and oxygen atoms in total. The Hall–Kier alpha value is -1.51. The summed E-state index contributed by atoms with van der Waals surface area (Å²) in [6.45, 7) is 4.05. The van der Waals surface area contributed by atoms with Crippen molar-refractivity contribution < 1.29 is 4.79 Å². The van der Waals surface area contributed by atoms with E-state index in [0.29, 0.717) is 22.5 Å². The van der Waals surface area contributed by atoms with Crippen LogP contribution in [0.25, 0.3) is 0 Å². The number of hydrogen-bond donors (Lipinski definition) is 3. The van der Waals surface area contributed by atoms with Crippen LogP contribution in [0.1, 0.15) is 31.0 Å². The van der Waals surface area contributed by atoms with Gasteiger partial charge < -0.3 is 16.0 Å². The topological polar surface area (TPSA) is 65.5 Å². The number of carbonyl (C=O) groups is 1. The summed E-state index contributed by atoms with van der Waals surface area (Å²) in [5.74, 6) is 0.551. The molecule has 0 bridgehead atoms. The first-order valence-corrected chi connectivity index (χ1v) is 8.93. The van der Waals surface area contributed by atoms with Crippen LogP contribution in [-0.2, 0) is 11.3 Å². The van der Waals surface area contributed by atoms with Crippen molar-refractivity contribution in [2.75, 3.05) is 12.4 Å². The summed E-state index contributed by atoms with van der Waals surface area (Å²) in [4.78, 5) is 15.4. The molecule has 0 saturated carbocycles. The van der Waals surface area contributed by atoms with Crippen molar-refractivity contribution in [2.45, 2.75) is 26.4 Å². The molecule has 0 heterocycles. The van der Waals surface area contributed by atoms with Crippen molar-refractivity contribution in [3.05, 3.63) is 63.6 Å². The summed E-state index contributed by atoms with van der Waals surface area (Å²) >= 11 is 12.2. The summed E-state index contributed by atoms with van der Waals surface area (Å²) in [5, 5.41) is 10.5. The summed E-state index contributed by atoms with van der Waals surface area (Å²) < 4.78 is 0. The van der Waals surface area contributed by atoms with Crippen molar-refractivity contribution in [1.29, 1.82) is 0 Å². The van der Waals surface area contributed by atoms with Gasteiger partial charge in [-0.2, -0.15) is 0 Å². The quantitative estimate of drug-likeness (QED) is 0.295. The SMILES string of the molecule is CN=C(NCc1cccc(NC(C)=O)c1)NC(C)c1ccc(Cl)cc1Cl.I. The van der Waals surface area contributed by atoms with Gasteiger partial charge in [0, 0.05) is 36.2 Å². The average Bonchev–Trinajstić information content (AvgIpc) is 2.58. The van der Waals surface area contributed by atoms with Crippen molar-refractivity contribution in [3.63, 3.8) is 0 Å². The van der Waals surface area contributed by atoms with E-state index in [1.165, 1.54) is 6.92 Å². The van der Waals surface area contributed by atoms with Crippen LogP contribution in [0.2, 0.25) is 10.0 Å². The summed E-state index contributed by atoms with van der Waals surface area (Å²) in [7, 11) is 1.71. The molecule has 0 radical (unpaired) electrons. The van der Waals surface area contributed by atoms with Crippen LogP contribution >= 0.6 is 47.2 Å². The van der Waals surface area contributed by atoms with Crippen molar-refractivity contribution >= 4 is 64.7 Å². The molecule has 0 saturated heterocycles. The number of guanidine groups is 1. The lowest BCUT2D eigenvalue weighted by Crippen LogP contribution is -2.38. The van der Waals surface area contributed by atoms with Gasteiger partial charge in [0.1, 0.15) is 0 Å². The van der Waals surface area contributed by atoms with Crippen LogP contribution in [0.15, 0.2) is 47.5 Å². The zero-order valence-corrected chi connectivity index (χ0v) is 19.2. The van der Waals surface area contributed by atoms with Gasteiger partial charge in [-0.3, -0.25) is 9.79 Å². The minimum Gasteiger partial charge on any atom is -0.352 e. The van der Waals surface area contributed by atoms with Crippen molar-refractivity contribution in [2.24, 2.45) is 4.99 Å². The zero-order valence-electron chi connectivity index (χ0n) is 15.3. The molecule has 2 rings (SSSR count). The van der Waals surface area contributed by atoms with Crippen LogP contribution in [0.4, 0.5) is 5.69 Å². The number of benzene rings is 2. The predicted octanol–water partition coefficient (Wildman–Crippen LogP) is 5.00. The van der Waals surface area contributed by atoms with Gasteiger partial charge in [0.25, 0.3) is 0 Å². The Bertz CT molecular complexity index is 814. The molecule has 0 spiro atoms. The number of nitrogens with one attached hydrogen (secondary N) is 3. The number of nitrogens with zero attached hydrogens (tertiary/aromatic N) is 1.